The van der Waals surface area contributed by atoms with Crippen molar-refractivity contribution in [3.63, 3.8) is 0 Å². The highest BCUT2D eigenvalue weighted by Crippen LogP contribution is 2.32. The molecule has 0 spiro atoms. The number of sulfone groups is 1. The van der Waals surface area contributed by atoms with E-state index in [0.29, 0.717) is 18.5 Å². The molecule has 1 heterocycles. The van der Waals surface area contributed by atoms with Gasteiger partial charge in [0.15, 0.2) is 9.84 Å². The van der Waals surface area contributed by atoms with Gasteiger partial charge in [0.2, 0.25) is 0 Å². The number of rotatable bonds is 3. The van der Waals surface area contributed by atoms with E-state index < -0.39 is 15.7 Å². The van der Waals surface area contributed by atoms with Gasteiger partial charge in [0.1, 0.15) is 5.82 Å². The SMILES string of the molecule is C=C(C)CNC1CCS(=O)(=O)c2ccc(F)cc21. The van der Waals surface area contributed by atoms with Crippen LogP contribution in [0, 0.1) is 5.82 Å². The summed E-state index contributed by atoms with van der Waals surface area (Å²) < 4.78 is 37.1. The first-order chi connectivity index (χ1) is 8.40. The van der Waals surface area contributed by atoms with Gasteiger partial charge in [-0.15, -0.1) is 0 Å². The fourth-order valence-corrected chi connectivity index (χ4v) is 3.72. The zero-order valence-corrected chi connectivity index (χ0v) is 11.1. The molecule has 0 saturated heterocycles. The molecule has 2 rings (SSSR count). The Morgan fingerprint density at radius 1 is 1.56 bits per heavy atom. The molecule has 0 fully saturated rings. The molecule has 0 radical (unpaired) electrons. The predicted octanol–water partition coefficient (Wildman–Crippen LogP) is 2.21. The van der Waals surface area contributed by atoms with Gasteiger partial charge in [-0.3, -0.25) is 0 Å². The summed E-state index contributed by atoms with van der Waals surface area (Å²) >= 11 is 0. The molecule has 1 aliphatic heterocycles. The fraction of sp³-hybridized carbons (Fsp3) is 0.385. The van der Waals surface area contributed by atoms with Gasteiger partial charge in [0.25, 0.3) is 0 Å². The molecule has 18 heavy (non-hydrogen) atoms. The number of hydrogen-bond acceptors (Lipinski definition) is 3. The van der Waals surface area contributed by atoms with Crippen molar-refractivity contribution in [1.82, 2.24) is 5.32 Å². The van der Waals surface area contributed by atoms with Crippen LogP contribution in [0.5, 0.6) is 0 Å². The van der Waals surface area contributed by atoms with Crippen LogP contribution in [0.2, 0.25) is 0 Å². The molecule has 1 aliphatic rings. The molecule has 0 bridgehead atoms. The van der Waals surface area contributed by atoms with Crippen molar-refractivity contribution in [1.29, 1.82) is 0 Å². The molecule has 0 amide bonds. The van der Waals surface area contributed by atoms with E-state index in [0.717, 1.165) is 5.57 Å². The summed E-state index contributed by atoms with van der Waals surface area (Å²) in [5.74, 6) is -0.313. The Labute approximate surface area is 107 Å². The molecule has 1 N–H and O–H groups in total. The van der Waals surface area contributed by atoms with Crippen LogP contribution >= 0.6 is 0 Å². The van der Waals surface area contributed by atoms with Crippen LogP contribution in [0.3, 0.4) is 0 Å². The van der Waals surface area contributed by atoms with Crippen LogP contribution in [0.25, 0.3) is 0 Å². The van der Waals surface area contributed by atoms with E-state index in [-0.39, 0.29) is 16.7 Å². The van der Waals surface area contributed by atoms with E-state index in [2.05, 4.69) is 11.9 Å². The van der Waals surface area contributed by atoms with Crippen LogP contribution < -0.4 is 5.32 Å². The number of nitrogens with one attached hydrogen (secondary N) is 1. The van der Waals surface area contributed by atoms with Crippen LogP contribution in [0.15, 0.2) is 35.2 Å². The lowest BCUT2D eigenvalue weighted by molar-refractivity contribution is 0.504. The van der Waals surface area contributed by atoms with Gasteiger partial charge in [0.05, 0.1) is 10.6 Å². The molecule has 1 unspecified atom stereocenters. The highest BCUT2D eigenvalue weighted by molar-refractivity contribution is 7.91. The van der Waals surface area contributed by atoms with Crippen molar-refractivity contribution in [2.45, 2.75) is 24.3 Å². The largest absolute Gasteiger partial charge is 0.306 e. The molecule has 0 saturated carbocycles. The van der Waals surface area contributed by atoms with E-state index in [1.807, 2.05) is 6.92 Å². The Morgan fingerprint density at radius 3 is 2.94 bits per heavy atom. The Bertz CT molecular complexity index is 581. The number of hydrogen-bond donors (Lipinski definition) is 1. The molecule has 1 atom stereocenters. The Kier molecular flexibility index (Phi) is 3.54. The third-order valence-electron chi connectivity index (χ3n) is 3.01. The van der Waals surface area contributed by atoms with E-state index in [4.69, 9.17) is 0 Å². The van der Waals surface area contributed by atoms with Gasteiger partial charge < -0.3 is 5.32 Å². The summed E-state index contributed by atoms with van der Waals surface area (Å²) in [6.07, 6.45) is 0.464. The quantitative estimate of drug-likeness (QED) is 0.676. The smallest absolute Gasteiger partial charge is 0.178 e. The van der Waals surface area contributed by atoms with Crippen LogP contribution in [-0.2, 0) is 9.84 Å². The number of benzene rings is 1. The topological polar surface area (TPSA) is 46.2 Å². The summed E-state index contributed by atoms with van der Waals surface area (Å²) in [5, 5.41) is 3.21. The van der Waals surface area contributed by atoms with Gasteiger partial charge in [0, 0.05) is 12.6 Å². The lowest BCUT2D eigenvalue weighted by atomic mass is 10.0. The predicted molar refractivity (Wildman–Crippen MR) is 68.6 cm³/mol. The maximum Gasteiger partial charge on any atom is 0.178 e. The Morgan fingerprint density at radius 2 is 2.28 bits per heavy atom. The maximum atomic E-state index is 13.3. The molecule has 3 nitrogen and oxygen atoms in total. The lowest BCUT2D eigenvalue weighted by Gasteiger charge is -2.26. The second kappa shape index (κ2) is 4.82. The fourth-order valence-electron chi connectivity index (χ4n) is 2.12. The summed E-state index contributed by atoms with van der Waals surface area (Å²) in [6, 6.07) is 3.73. The molecule has 0 aromatic heterocycles. The first-order valence-electron chi connectivity index (χ1n) is 5.80. The summed E-state index contributed by atoms with van der Waals surface area (Å²) in [5.41, 5.74) is 1.49. The van der Waals surface area contributed by atoms with Crippen molar-refractivity contribution in [2.75, 3.05) is 12.3 Å². The van der Waals surface area contributed by atoms with E-state index in [1.54, 1.807) is 0 Å². The van der Waals surface area contributed by atoms with Crippen molar-refractivity contribution in [2.24, 2.45) is 0 Å². The van der Waals surface area contributed by atoms with Gasteiger partial charge in [-0.2, -0.15) is 0 Å². The molecular weight excluding hydrogens is 253 g/mol. The summed E-state index contributed by atoms with van der Waals surface area (Å²) in [7, 11) is -3.26. The average Bonchev–Trinajstić information content (AvgIpc) is 2.27. The maximum absolute atomic E-state index is 13.3. The first kappa shape index (κ1) is 13.2. The van der Waals surface area contributed by atoms with Crippen LogP contribution in [-0.4, -0.2) is 20.7 Å². The van der Waals surface area contributed by atoms with Crippen LogP contribution in [0.4, 0.5) is 4.39 Å². The standard InChI is InChI=1S/C13H16FNO2S/c1-9(2)8-15-12-5-6-18(16,17)13-4-3-10(14)7-11(12)13/h3-4,7,12,15H,1,5-6,8H2,2H3. The van der Waals surface area contributed by atoms with E-state index >= 15 is 0 Å². The Hall–Kier alpha value is -1.20. The third-order valence-corrected chi connectivity index (χ3v) is 4.82. The van der Waals surface area contributed by atoms with Gasteiger partial charge >= 0.3 is 0 Å². The monoisotopic (exact) mass is 269 g/mol. The van der Waals surface area contributed by atoms with Crippen molar-refractivity contribution < 1.29 is 12.8 Å². The molecule has 1 aromatic carbocycles. The molecule has 0 aliphatic carbocycles. The summed E-state index contributed by atoms with van der Waals surface area (Å²) in [4.78, 5) is 0.245. The van der Waals surface area contributed by atoms with Crippen molar-refractivity contribution in [3.05, 3.63) is 41.7 Å². The minimum Gasteiger partial charge on any atom is -0.306 e. The first-order valence-corrected chi connectivity index (χ1v) is 7.45. The zero-order valence-electron chi connectivity index (χ0n) is 10.2. The van der Waals surface area contributed by atoms with Gasteiger partial charge in [-0.05, 0) is 37.1 Å². The number of halogens is 1. The molecule has 1 aromatic rings. The average molecular weight is 269 g/mol. The van der Waals surface area contributed by atoms with Gasteiger partial charge in [-0.25, -0.2) is 12.8 Å². The highest BCUT2D eigenvalue weighted by atomic mass is 32.2. The summed E-state index contributed by atoms with van der Waals surface area (Å²) in [6.45, 7) is 6.27. The van der Waals surface area contributed by atoms with Gasteiger partial charge in [-0.1, -0.05) is 12.2 Å². The van der Waals surface area contributed by atoms with E-state index in [1.165, 1.54) is 18.2 Å². The molecular formula is C13H16FNO2S. The third kappa shape index (κ3) is 2.62. The second-order valence-corrected chi connectivity index (χ2v) is 6.76. The lowest BCUT2D eigenvalue weighted by Crippen LogP contribution is -2.30. The zero-order chi connectivity index (χ0) is 13.3. The highest BCUT2D eigenvalue weighted by Gasteiger charge is 2.30. The minimum absolute atomic E-state index is 0.0967. The van der Waals surface area contributed by atoms with Crippen molar-refractivity contribution in [3.8, 4) is 0 Å². The minimum atomic E-state index is -3.26. The second-order valence-electron chi connectivity index (χ2n) is 4.68. The molecule has 98 valence electrons. The number of fused-ring (bicyclic) bond motifs is 1. The van der Waals surface area contributed by atoms with Crippen molar-refractivity contribution >= 4 is 9.84 Å². The molecule has 5 heteroatoms. The van der Waals surface area contributed by atoms with E-state index in [9.17, 15) is 12.8 Å². The van der Waals surface area contributed by atoms with Crippen LogP contribution in [0.1, 0.15) is 24.9 Å². The Balaban J connectivity index is 2.38. The normalized spacial score (nSPS) is 21.3.